The van der Waals surface area contributed by atoms with Gasteiger partial charge in [-0.05, 0) is 29.8 Å². The van der Waals surface area contributed by atoms with Gasteiger partial charge in [0.1, 0.15) is 0 Å². The Bertz CT molecular complexity index is 591. The molecule has 21 heavy (non-hydrogen) atoms. The number of carbonyl (C=O) groups excluding carboxylic acids is 1. The van der Waals surface area contributed by atoms with Gasteiger partial charge in [-0.2, -0.15) is 0 Å². The molecule has 2 aromatic rings. The zero-order valence-electron chi connectivity index (χ0n) is 11.8. The monoisotopic (exact) mass is 308 g/mol. The van der Waals surface area contributed by atoms with Crippen molar-refractivity contribution < 1.29 is 14.3 Å². The van der Waals surface area contributed by atoms with Gasteiger partial charge in [0.2, 0.25) is 0 Å². The van der Waals surface area contributed by atoms with Gasteiger partial charge in [0.05, 0.1) is 14.2 Å². The summed E-state index contributed by atoms with van der Waals surface area (Å²) < 4.78 is 10.4. The molecule has 112 valence electrons. The Morgan fingerprint density at radius 3 is 2.38 bits per heavy atom. The van der Waals surface area contributed by atoms with Crippen LogP contribution in [0.2, 0.25) is 0 Å². The maximum atomic E-state index is 11.9. The first-order chi connectivity index (χ1) is 9.74. The van der Waals surface area contributed by atoms with E-state index in [1.807, 2.05) is 18.2 Å². The van der Waals surface area contributed by atoms with Gasteiger partial charge in [0.15, 0.2) is 11.5 Å². The molecule has 2 rings (SSSR count). The van der Waals surface area contributed by atoms with Crippen LogP contribution in [0.3, 0.4) is 0 Å². The highest BCUT2D eigenvalue weighted by atomic mass is 35.5. The largest absolute Gasteiger partial charge is 0.493 e. The zero-order chi connectivity index (χ0) is 14.4. The van der Waals surface area contributed by atoms with E-state index in [1.165, 1.54) is 0 Å². The van der Waals surface area contributed by atoms with Crippen molar-refractivity contribution in [3.05, 3.63) is 53.9 Å². The molecule has 0 aliphatic rings. The second-order valence-corrected chi connectivity index (χ2v) is 4.11. The highest BCUT2D eigenvalue weighted by molar-refractivity contribution is 5.93. The fraction of sp³-hybridized carbons (Fsp3) is 0.200. The normalized spacial score (nSPS) is 9.43. The quantitative estimate of drug-likeness (QED) is 0.921. The Balaban J connectivity index is 0.00000220. The Kier molecular flexibility index (Phi) is 6.49. The molecule has 0 radical (unpaired) electrons. The molecule has 1 aromatic carbocycles. The molecule has 0 aliphatic heterocycles. The molecule has 1 heterocycles. The number of hydrogen-bond donors (Lipinski definition) is 1. The van der Waals surface area contributed by atoms with Crippen molar-refractivity contribution >= 4 is 18.3 Å². The molecule has 1 aromatic heterocycles. The van der Waals surface area contributed by atoms with Crippen LogP contribution in [0.5, 0.6) is 11.5 Å². The molecule has 0 saturated heterocycles. The number of rotatable bonds is 5. The van der Waals surface area contributed by atoms with Crippen molar-refractivity contribution in [1.82, 2.24) is 10.3 Å². The number of pyridine rings is 1. The van der Waals surface area contributed by atoms with Crippen molar-refractivity contribution in [1.29, 1.82) is 0 Å². The molecule has 6 heteroatoms. The number of halogens is 1. The summed E-state index contributed by atoms with van der Waals surface area (Å²) >= 11 is 0. The number of amides is 1. The number of nitrogens with zero attached hydrogens (tertiary/aromatic N) is 1. The number of carbonyl (C=O) groups is 1. The Morgan fingerprint density at radius 1 is 1.10 bits per heavy atom. The average molecular weight is 309 g/mol. The third kappa shape index (κ3) is 4.36. The van der Waals surface area contributed by atoms with Gasteiger partial charge in [-0.1, -0.05) is 6.07 Å². The summed E-state index contributed by atoms with van der Waals surface area (Å²) in [6.07, 6.45) is 3.18. The minimum Gasteiger partial charge on any atom is -0.493 e. The average Bonchev–Trinajstić information content (AvgIpc) is 2.53. The van der Waals surface area contributed by atoms with Crippen LogP contribution in [0.25, 0.3) is 0 Å². The molecule has 0 atom stereocenters. The molecule has 0 saturated carbocycles. The zero-order valence-corrected chi connectivity index (χ0v) is 12.6. The van der Waals surface area contributed by atoms with Gasteiger partial charge in [-0.3, -0.25) is 9.78 Å². The lowest BCUT2D eigenvalue weighted by atomic mass is 10.2. The standard InChI is InChI=1S/C15H16N2O3.ClH/c1-19-13-4-3-11(9-14(13)20-2)10-17-15(18)12-5-7-16-8-6-12;/h3-9H,10H2,1-2H3,(H,17,18);1H. The van der Waals surface area contributed by atoms with E-state index in [9.17, 15) is 4.79 Å². The molecule has 5 nitrogen and oxygen atoms in total. The van der Waals surface area contributed by atoms with Crippen molar-refractivity contribution in [3.8, 4) is 11.5 Å². The molecule has 0 aliphatic carbocycles. The third-order valence-corrected chi connectivity index (χ3v) is 2.84. The minimum atomic E-state index is -0.137. The van der Waals surface area contributed by atoms with Crippen LogP contribution in [-0.4, -0.2) is 25.1 Å². The molecule has 0 unspecified atom stereocenters. The first kappa shape index (κ1) is 16.8. The highest BCUT2D eigenvalue weighted by Crippen LogP contribution is 2.27. The van der Waals surface area contributed by atoms with Crippen LogP contribution in [0, 0.1) is 0 Å². The van der Waals surface area contributed by atoms with E-state index in [-0.39, 0.29) is 18.3 Å². The van der Waals surface area contributed by atoms with E-state index in [0.717, 1.165) is 5.56 Å². The number of aromatic nitrogens is 1. The fourth-order valence-corrected chi connectivity index (χ4v) is 1.78. The molecule has 0 bridgehead atoms. The summed E-state index contributed by atoms with van der Waals surface area (Å²) in [5.41, 5.74) is 1.52. The lowest BCUT2D eigenvalue weighted by Crippen LogP contribution is -2.22. The van der Waals surface area contributed by atoms with Gasteiger partial charge >= 0.3 is 0 Å². The van der Waals surface area contributed by atoms with Crippen molar-refractivity contribution in [2.45, 2.75) is 6.54 Å². The summed E-state index contributed by atoms with van der Waals surface area (Å²) in [5.74, 6) is 1.17. The van der Waals surface area contributed by atoms with E-state index in [1.54, 1.807) is 38.7 Å². The van der Waals surface area contributed by atoms with Crippen LogP contribution in [0.15, 0.2) is 42.7 Å². The Hall–Kier alpha value is -2.27. The van der Waals surface area contributed by atoms with Gasteiger partial charge in [-0.15, -0.1) is 12.4 Å². The lowest BCUT2D eigenvalue weighted by Gasteiger charge is -2.10. The van der Waals surface area contributed by atoms with Crippen LogP contribution in [0.4, 0.5) is 0 Å². The lowest BCUT2D eigenvalue weighted by molar-refractivity contribution is 0.0950. The molecule has 0 spiro atoms. The van der Waals surface area contributed by atoms with E-state index < -0.39 is 0 Å². The Morgan fingerprint density at radius 2 is 1.76 bits per heavy atom. The van der Waals surface area contributed by atoms with Gasteiger partial charge in [0.25, 0.3) is 5.91 Å². The molecule has 1 amide bonds. The van der Waals surface area contributed by atoms with Crippen LogP contribution in [-0.2, 0) is 6.54 Å². The summed E-state index contributed by atoms with van der Waals surface area (Å²) in [7, 11) is 3.17. The fourth-order valence-electron chi connectivity index (χ4n) is 1.78. The number of methoxy groups -OCH3 is 2. The highest BCUT2D eigenvalue weighted by Gasteiger charge is 2.07. The molecule has 0 fully saturated rings. The van der Waals surface area contributed by atoms with E-state index in [4.69, 9.17) is 9.47 Å². The molecular formula is C15H17ClN2O3. The number of hydrogen-bond acceptors (Lipinski definition) is 4. The third-order valence-electron chi connectivity index (χ3n) is 2.84. The summed E-state index contributed by atoms with van der Waals surface area (Å²) in [5, 5.41) is 2.84. The van der Waals surface area contributed by atoms with Crippen molar-refractivity contribution in [2.75, 3.05) is 14.2 Å². The predicted octanol–water partition coefficient (Wildman–Crippen LogP) is 2.45. The van der Waals surface area contributed by atoms with E-state index >= 15 is 0 Å². The van der Waals surface area contributed by atoms with Crippen LogP contribution < -0.4 is 14.8 Å². The van der Waals surface area contributed by atoms with Crippen molar-refractivity contribution in [2.24, 2.45) is 0 Å². The first-order valence-corrected chi connectivity index (χ1v) is 6.13. The van der Waals surface area contributed by atoms with E-state index in [0.29, 0.717) is 23.6 Å². The summed E-state index contributed by atoms with van der Waals surface area (Å²) in [4.78, 5) is 15.8. The maximum absolute atomic E-state index is 11.9. The van der Waals surface area contributed by atoms with Gasteiger partial charge < -0.3 is 14.8 Å². The first-order valence-electron chi connectivity index (χ1n) is 6.13. The predicted molar refractivity (Wildman–Crippen MR) is 82.2 cm³/mol. The second-order valence-electron chi connectivity index (χ2n) is 4.11. The number of nitrogens with one attached hydrogen (secondary N) is 1. The maximum Gasteiger partial charge on any atom is 0.251 e. The summed E-state index contributed by atoms with van der Waals surface area (Å²) in [6, 6.07) is 8.88. The van der Waals surface area contributed by atoms with Gasteiger partial charge in [-0.25, -0.2) is 0 Å². The topological polar surface area (TPSA) is 60.5 Å². The summed E-state index contributed by atoms with van der Waals surface area (Å²) in [6.45, 7) is 0.418. The van der Waals surface area contributed by atoms with Crippen molar-refractivity contribution in [3.63, 3.8) is 0 Å². The number of benzene rings is 1. The van der Waals surface area contributed by atoms with E-state index in [2.05, 4.69) is 10.3 Å². The minimum absolute atomic E-state index is 0. The van der Waals surface area contributed by atoms with Crippen LogP contribution in [0.1, 0.15) is 15.9 Å². The molecule has 1 N–H and O–H groups in total. The smallest absolute Gasteiger partial charge is 0.251 e. The number of ether oxygens (including phenoxy) is 2. The van der Waals surface area contributed by atoms with Gasteiger partial charge in [0, 0.05) is 24.5 Å². The SMILES string of the molecule is COc1ccc(CNC(=O)c2ccncc2)cc1OC.Cl. The Labute approximate surface area is 129 Å². The van der Waals surface area contributed by atoms with Crippen LogP contribution >= 0.6 is 12.4 Å². The second kappa shape index (κ2) is 8.11. The molecular weight excluding hydrogens is 292 g/mol.